The van der Waals surface area contributed by atoms with Crippen LogP contribution in [-0.2, 0) is 16.6 Å². The summed E-state index contributed by atoms with van der Waals surface area (Å²) >= 11 is 0. The molecule has 24 heavy (non-hydrogen) atoms. The molecule has 1 amide bonds. The number of anilines is 1. The van der Waals surface area contributed by atoms with E-state index in [0.717, 1.165) is 5.69 Å². The van der Waals surface area contributed by atoms with Crippen molar-refractivity contribution < 1.29 is 19.1 Å². The summed E-state index contributed by atoms with van der Waals surface area (Å²) in [6.07, 6.45) is 0. The minimum Gasteiger partial charge on any atom is -0.451 e. The maximum Gasteiger partial charge on any atom is 0.355 e. The molecule has 0 aliphatic rings. The third-order valence-corrected chi connectivity index (χ3v) is 3.60. The molecule has 0 saturated heterocycles. The molecule has 2 aromatic rings. The Morgan fingerprint density at radius 1 is 1.29 bits per heavy atom. The monoisotopic (exact) mass is 332 g/mol. The first-order chi connectivity index (χ1) is 11.2. The maximum atomic E-state index is 12.1. The first-order valence-electron chi connectivity index (χ1n) is 7.38. The molecule has 0 unspecified atom stereocenters. The number of hydrogen-bond acceptors (Lipinski definition) is 5. The number of H-pyrrole nitrogens is 1. The van der Waals surface area contributed by atoms with Gasteiger partial charge in [0.2, 0.25) is 0 Å². The number of aryl methyl sites for hydroxylation is 3. The molecule has 0 aromatic carbocycles. The number of nitrogens with zero attached hydrogens (tertiary/aromatic N) is 2. The minimum absolute atomic E-state index is 0.135. The van der Waals surface area contributed by atoms with Gasteiger partial charge in [0.1, 0.15) is 11.5 Å². The molecule has 2 aromatic heterocycles. The van der Waals surface area contributed by atoms with Gasteiger partial charge in [0, 0.05) is 24.4 Å². The average molecular weight is 332 g/mol. The third kappa shape index (κ3) is 3.53. The Hall–Kier alpha value is -2.90. The van der Waals surface area contributed by atoms with E-state index < -0.39 is 18.5 Å². The van der Waals surface area contributed by atoms with Crippen LogP contribution < -0.4 is 5.32 Å². The van der Waals surface area contributed by atoms with E-state index in [9.17, 15) is 14.4 Å². The van der Waals surface area contributed by atoms with Crippen LogP contribution in [-0.4, -0.2) is 39.0 Å². The molecule has 0 atom stereocenters. The number of rotatable bonds is 5. The first kappa shape index (κ1) is 17.5. The van der Waals surface area contributed by atoms with Crippen molar-refractivity contribution >= 4 is 23.5 Å². The van der Waals surface area contributed by atoms with Crippen molar-refractivity contribution in [2.24, 2.45) is 7.05 Å². The van der Waals surface area contributed by atoms with Gasteiger partial charge in [-0.05, 0) is 33.3 Å². The lowest BCUT2D eigenvalue weighted by Crippen LogP contribution is -2.22. The largest absolute Gasteiger partial charge is 0.451 e. The quantitative estimate of drug-likeness (QED) is 0.640. The number of Topliss-reactive ketones (excluding diaryl/α,β-unsaturated/α-hetero) is 1. The molecule has 2 heterocycles. The molecule has 0 bridgehead atoms. The van der Waals surface area contributed by atoms with Gasteiger partial charge in [0.05, 0.1) is 5.69 Å². The summed E-state index contributed by atoms with van der Waals surface area (Å²) in [6, 6.07) is 1.71. The summed E-state index contributed by atoms with van der Waals surface area (Å²) in [4.78, 5) is 38.4. The molecule has 0 spiro atoms. The fourth-order valence-electron chi connectivity index (χ4n) is 2.59. The minimum atomic E-state index is -0.681. The Labute approximate surface area is 139 Å². The van der Waals surface area contributed by atoms with Crippen molar-refractivity contribution in [3.63, 3.8) is 0 Å². The fourth-order valence-corrected chi connectivity index (χ4v) is 2.59. The van der Waals surface area contributed by atoms with Crippen molar-refractivity contribution in [3.8, 4) is 0 Å². The van der Waals surface area contributed by atoms with Crippen LogP contribution in [0.2, 0.25) is 0 Å². The van der Waals surface area contributed by atoms with Gasteiger partial charge in [-0.3, -0.25) is 14.3 Å². The predicted octanol–water partition coefficient (Wildman–Crippen LogP) is 1.67. The Kier molecular flexibility index (Phi) is 4.87. The first-order valence-corrected chi connectivity index (χ1v) is 7.38. The molecule has 0 radical (unpaired) electrons. The van der Waals surface area contributed by atoms with Gasteiger partial charge in [-0.15, -0.1) is 0 Å². The van der Waals surface area contributed by atoms with Gasteiger partial charge in [0.15, 0.2) is 12.4 Å². The molecule has 128 valence electrons. The van der Waals surface area contributed by atoms with Crippen molar-refractivity contribution in [1.82, 2.24) is 14.8 Å². The number of carbonyl (C=O) groups excluding carboxylic acids is 3. The van der Waals surface area contributed by atoms with Gasteiger partial charge < -0.3 is 15.0 Å². The van der Waals surface area contributed by atoms with E-state index in [4.69, 9.17) is 4.74 Å². The highest BCUT2D eigenvalue weighted by Crippen LogP contribution is 2.19. The smallest absolute Gasteiger partial charge is 0.355 e. The van der Waals surface area contributed by atoms with Gasteiger partial charge in [-0.1, -0.05) is 0 Å². The van der Waals surface area contributed by atoms with Crippen LogP contribution in [0.15, 0.2) is 6.07 Å². The van der Waals surface area contributed by atoms with Crippen molar-refractivity contribution in [2.75, 3.05) is 11.9 Å². The lowest BCUT2D eigenvalue weighted by atomic mass is 10.1. The molecule has 0 aliphatic carbocycles. The summed E-state index contributed by atoms with van der Waals surface area (Å²) < 4.78 is 6.53. The number of nitrogens with one attached hydrogen (secondary N) is 2. The summed E-state index contributed by atoms with van der Waals surface area (Å²) in [5.41, 5.74) is 2.53. The predicted molar refractivity (Wildman–Crippen MR) is 87.1 cm³/mol. The highest BCUT2D eigenvalue weighted by molar-refractivity contribution is 6.01. The zero-order chi connectivity index (χ0) is 18.0. The number of amides is 1. The van der Waals surface area contributed by atoms with E-state index in [2.05, 4.69) is 15.4 Å². The lowest BCUT2D eigenvalue weighted by Gasteiger charge is -2.06. The molecule has 2 N–H and O–H groups in total. The standard InChI is InChI=1S/C16H20N4O4/c1-8-6-12(20(5)19-8)18-13(22)7-24-16(23)15-9(2)14(11(4)21)10(3)17-15/h6,17H,7H2,1-5H3,(H,18,22). The van der Waals surface area contributed by atoms with Gasteiger partial charge in [-0.2, -0.15) is 5.10 Å². The number of aromatic amines is 1. The highest BCUT2D eigenvalue weighted by atomic mass is 16.5. The normalized spacial score (nSPS) is 10.5. The number of ether oxygens (including phenoxy) is 1. The SMILES string of the molecule is CC(=O)c1c(C)[nH]c(C(=O)OCC(=O)Nc2cc(C)nn2C)c1C. The maximum absolute atomic E-state index is 12.1. The van der Waals surface area contributed by atoms with E-state index in [1.165, 1.54) is 11.6 Å². The lowest BCUT2D eigenvalue weighted by molar-refractivity contribution is -0.119. The molecule has 0 saturated carbocycles. The van der Waals surface area contributed by atoms with Crippen LogP contribution in [0.1, 0.15) is 44.7 Å². The summed E-state index contributed by atoms with van der Waals surface area (Å²) in [5, 5.41) is 6.71. The fraction of sp³-hybridized carbons (Fsp3) is 0.375. The van der Waals surface area contributed by atoms with E-state index >= 15 is 0 Å². The van der Waals surface area contributed by atoms with Gasteiger partial charge >= 0.3 is 5.97 Å². The van der Waals surface area contributed by atoms with E-state index in [-0.39, 0.29) is 11.5 Å². The van der Waals surface area contributed by atoms with Crippen LogP contribution in [0.4, 0.5) is 5.82 Å². The van der Waals surface area contributed by atoms with Gasteiger partial charge in [-0.25, -0.2) is 4.79 Å². The Balaban J connectivity index is 2.01. The van der Waals surface area contributed by atoms with Crippen LogP contribution >= 0.6 is 0 Å². The molecule has 2 rings (SSSR count). The van der Waals surface area contributed by atoms with Gasteiger partial charge in [0.25, 0.3) is 5.91 Å². The second-order valence-corrected chi connectivity index (χ2v) is 5.60. The Morgan fingerprint density at radius 2 is 1.96 bits per heavy atom. The number of esters is 1. The van der Waals surface area contributed by atoms with Crippen molar-refractivity contribution in [3.05, 3.63) is 34.3 Å². The summed E-state index contributed by atoms with van der Waals surface area (Å²) in [6.45, 7) is 6.17. The molecular formula is C16H20N4O4. The Morgan fingerprint density at radius 3 is 2.46 bits per heavy atom. The molecule has 8 nitrogen and oxygen atoms in total. The highest BCUT2D eigenvalue weighted by Gasteiger charge is 2.21. The number of aromatic nitrogens is 3. The zero-order valence-electron chi connectivity index (χ0n) is 14.3. The van der Waals surface area contributed by atoms with E-state index in [0.29, 0.717) is 22.6 Å². The van der Waals surface area contributed by atoms with E-state index in [1.807, 2.05) is 0 Å². The summed E-state index contributed by atoms with van der Waals surface area (Å²) in [5.74, 6) is -0.776. The number of hydrogen-bond donors (Lipinski definition) is 2. The Bertz CT molecular complexity index is 816. The van der Waals surface area contributed by atoms with Crippen molar-refractivity contribution in [2.45, 2.75) is 27.7 Å². The molecule has 0 aliphatic heterocycles. The topological polar surface area (TPSA) is 106 Å². The zero-order valence-corrected chi connectivity index (χ0v) is 14.3. The third-order valence-electron chi connectivity index (χ3n) is 3.60. The number of carbonyl (C=O) groups is 3. The molecule has 8 heteroatoms. The molecular weight excluding hydrogens is 312 g/mol. The second kappa shape index (κ2) is 6.69. The van der Waals surface area contributed by atoms with E-state index in [1.54, 1.807) is 33.9 Å². The van der Waals surface area contributed by atoms with Crippen LogP contribution in [0.25, 0.3) is 0 Å². The second-order valence-electron chi connectivity index (χ2n) is 5.60. The average Bonchev–Trinajstić information content (AvgIpc) is 2.95. The van der Waals surface area contributed by atoms with Crippen molar-refractivity contribution in [1.29, 1.82) is 0 Å². The van der Waals surface area contributed by atoms with Crippen LogP contribution in [0.5, 0.6) is 0 Å². The number of ketones is 1. The summed E-state index contributed by atoms with van der Waals surface area (Å²) in [7, 11) is 1.70. The van der Waals surface area contributed by atoms with Crippen LogP contribution in [0.3, 0.4) is 0 Å². The van der Waals surface area contributed by atoms with Crippen LogP contribution in [0, 0.1) is 20.8 Å². The molecule has 0 fully saturated rings.